The van der Waals surface area contributed by atoms with Gasteiger partial charge in [-0.3, -0.25) is 0 Å². The van der Waals surface area contributed by atoms with Crippen molar-refractivity contribution in [3.8, 4) is 0 Å². The molecule has 1 heterocycles. The first kappa shape index (κ1) is 24.7. The number of hydrogen-bond donors (Lipinski definition) is 0. The molecule has 0 spiro atoms. The number of rotatable bonds is 8. The van der Waals surface area contributed by atoms with Crippen LogP contribution in [0.15, 0.2) is 0 Å². The fourth-order valence-electron chi connectivity index (χ4n) is 3.02. The molecule has 8 heteroatoms. The highest BCUT2D eigenvalue weighted by Crippen LogP contribution is 2.24. The fraction of sp³-hybridized carbons (Fsp3) is 1.00. The van der Waals surface area contributed by atoms with Gasteiger partial charge in [-0.25, -0.2) is 12.7 Å². The summed E-state index contributed by atoms with van der Waals surface area (Å²) >= 11 is 0. The quantitative estimate of drug-likeness (QED) is 0.646. The Morgan fingerprint density at radius 3 is 2.14 bits per heavy atom. The van der Waals surface area contributed by atoms with Crippen LogP contribution < -0.4 is 0 Å². The van der Waals surface area contributed by atoms with Crippen LogP contribution in [-0.2, 0) is 10.0 Å². The van der Waals surface area contributed by atoms with Gasteiger partial charge in [-0.05, 0) is 39.4 Å². The Morgan fingerprint density at radius 2 is 1.68 bits per heavy atom. The first-order valence-electron chi connectivity index (χ1n) is 7.57. The van der Waals surface area contributed by atoms with Gasteiger partial charge in [0.1, 0.15) is 0 Å². The SMILES string of the molecule is CCC[C@H]1CN(CCCS(=O)(=O)N(C)C)C[C@@H]1N(C)C.Cl.Cl. The maximum atomic E-state index is 11.7. The monoisotopic (exact) mass is 377 g/mol. The van der Waals surface area contributed by atoms with Crippen LogP contribution in [0.4, 0.5) is 0 Å². The van der Waals surface area contributed by atoms with Gasteiger partial charge < -0.3 is 9.80 Å². The lowest BCUT2D eigenvalue weighted by atomic mass is 9.98. The predicted octanol–water partition coefficient (Wildman–Crippen LogP) is 1.77. The second-order valence-corrected chi connectivity index (χ2v) is 8.59. The highest BCUT2D eigenvalue weighted by atomic mass is 35.5. The van der Waals surface area contributed by atoms with Crippen molar-refractivity contribution >= 4 is 34.8 Å². The zero-order valence-corrected chi connectivity index (χ0v) is 16.9. The maximum absolute atomic E-state index is 11.7. The molecule has 0 saturated carbocycles. The molecule has 0 radical (unpaired) electrons. The van der Waals surface area contributed by atoms with E-state index in [-0.39, 0.29) is 30.6 Å². The first-order chi connectivity index (χ1) is 9.27. The molecule has 0 unspecified atom stereocenters. The number of halogens is 2. The molecule has 22 heavy (non-hydrogen) atoms. The molecule has 0 aromatic heterocycles. The van der Waals surface area contributed by atoms with Crippen molar-refractivity contribution in [1.29, 1.82) is 0 Å². The van der Waals surface area contributed by atoms with Crippen LogP contribution in [0.1, 0.15) is 26.2 Å². The van der Waals surface area contributed by atoms with E-state index in [0.717, 1.165) is 32.0 Å². The van der Waals surface area contributed by atoms with Crippen molar-refractivity contribution < 1.29 is 8.42 Å². The molecule has 1 aliphatic heterocycles. The summed E-state index contributed by atoms with van der Waals surface area (Å²) in [5, 5.41) is 0. The summed E-state index contributed by atoms with van der Waals surface area (Å²) < 4.78 is 24.8. The van der Waals surface area contributed by atoms with Gasteiger partial charge in [-0.1, -0.05) is 13.3 Å². The molecule has 2 atom stereocenters. The van der Waals surface area contributed by atoms with Crippen LogP contribution in [0.2, 0.25) is 0 Å². The highest BCUT2D eigenvalue weighted by molar-refractivity contribution is 7.89. The van der Waals surface area contributed by atoms with Gasteiger partial charge >= 0.3 is 0 Å². The van der Waals surface area contributed by atoms with Gasteiger partial charge in [0, 0.05) is 33.2 Å². The van der Waals surface area contributed by atoms with E-state index in [1.807, 2.05) is 0 Å². The van der Waals surface area contributed by atoms with Crippen LogP contribution in [0.3, 0.4) is 0 Å². The lowest BCUT2D eigenvalue weighted by molar-refractivity contribution is 0.239. The van der Waals surface area contributed by atoms with Crippen molar-refractivity contribution in [2.24, 2.45) is 5.92 Å². The summed E-state index contributed by atoms with van der Waals surface area (Å²) in [6.45, 7) is 5.30. The van der Waals surface area contributed by atoms with Crippen molar-refractivity contribution in [2.75, 3.05) is 53.6 Å². The van der Waals surface area contributed by atoms with Crippen LogP contribution in [0.25, 0.3) is 0 Å². The maximum Gasteiger partial charge on any atom is 0.213 e. The number of nitrogens with zero attached hydrogens (tertiary/aromatic N) is 3. The molecule has 0 amide bonds. The third-order valence-electron chi connectivity index (χ3n) is 4.24. The standard InChI is InChI=1S/C14H31N3O2S.2ClH/c1-6-8-13-11-17(12-14(13)15(2)3)9-7-10-20(18,19)16(4)5;;/h13-14H,6-12H2,1-5H3;2*1H/t13-,14-;;/m0../s1. The fourth-order valence-corrected chi connectivity index (χ4v) is 3.88. The van der Waals surface area contributed by atoms with E-state index in [9.17, 15) is 8.42 Å². The molecule has 0 aliphatic carbocycles. The topological polar surface area (TPSA) is 43.9 Å². The van der Waals surface area contributed by atoms with Gasteiger partial charge in [0.2, 0.25) is 10.0 Å². The molecule has 0 aromatic rings. The van der Waals surface area contributed by atoms with Crippen LogP contribution in [0, 0.1) is 5.92 Å². The molecule has 5 nitrogen and oxygen atoms in total. The van der Waals surface area contributed by atoms with Crippen LogP contribution >= 0.6 is 24.8 Å². The molecule has 0 aromatic carbocycles. The second kappa shape index (κ2) is 11.0. The van der Waals surface area contributed by atoms with E-state index >= 15 is 0 Å². The molecule has 1 saturated heterocycles. The first-order valence-corrected chi connectivity index (χ1v) is 9.17. The molecular formula is C14H33Cl2N3O2S. The average Bonchev–Trinajstić information content (AvgIpc) is 2.72. The normalized spacial score (nSPS) is 22.7. The van der Waals surface area contributed by atoms with Crippen molar-refractivity contribution in [1.82, 2.24) is 14.1 Å². The second-order valence-electron chi connectivity index (χ2n) is 6.29. The Balaban J connectivity index is 0. The van der Waals surface area contributed by atoms with Crippen molar-refractivity contribution in [3.63, 3.8) is 0 Å². The minimum atomic E-state index is -3.05. The third kappa shape index (κ3) is 7.32. The van der Waals surface area contributed by atoms with E-state index in [2.05, 4.69) is 30.8 Å². The Morgan fingerprint density at radius 1 is 1.09 bits per heavy atom. The minimum absolute atomic E-state index is 0. The van der Waals surface area contributed by atoms with Gasteiger partial charge in [-0.15, -0.1) is 24.8 Å². The molecular weight excluding hydrogens is 345 g/mol. The lowest BCUT2D eigenvalue weighted by Gasteiger charge is -2.24. The predicted molar refractivity (Wildman–Crippen MR) is 98.9 cm³/mol. The third-order valence-corrected chi connectivity index (χ3v) is 6.16. The Hall–Kier alpha value is 0.410. The summed E-state index contributed by atoms with van der Waals surface area (Å²) in [7, 11) is 4.45. The molecule has 136 valence electrons. The van der Waals surface area contributed by atoms with E-state index < -0.39 is 10.0 Å². The van der Waals surface area contributed by atoms with Gasteiger partial charge in [0.15, 0.2) is 0 Å². The van der Waals surface area contributed by atoms with E-state index in [1.165, 1.54) is 17.1 Å². The Bertz CT molecular complexity index is 392. The summed E-state index contributed by atoms with van der Waals surface area (Å²) in [4.78, 5) is 4.74. The van der Waals surface area contributed by atoms with E-state index in [0.29, 0.717) is 6.04 Å². The average molecular weight is 378 g/mol. The van der Waals surface area contributed by atoms with Gasteiger partial charge in [0.25, 0.3) is 0 Å². The zero-order chi connectivity index (χ0) is 15.3. The Kier molecular flexibility index (Phi) is 12.4. The molecule has 1 aliphatic rings. The molecule has 0 bridgehead atoms. The number of sulfonamides is 1. The van der Waals surface area contributed by atoms with Crippen LogP contribution in [0.5, 0.6) is 0 Å². The summed E-state index contributed by atoms with van der Waals surface area (Å²) in [5.74, 6) is 0.974. The van der Waals surface area contributed by atoms with Gasteiger partial charge in [0.05, 0.1) is 5.75 Å². The van der Waals surface area contributed by atoms with Gasteiger partial charge in [-0.2, -0.15) is 0 Å². The molecule has 1 fully saturated rings. The Labute approximate surface area is 149 Å². The molecule has 1 rings (SSSR count). The number of hydrogen-bond acceptors (Lipinski definition) is 4. The summed E-state index contributed by atoms with van der Waals surface area (Å²) in [5.41, 5.74) is 0. The van der Waals surface area contributed by atoms with Crippen LogP contribution in [-0.4, -0.2) is 82.1 Å². The smallest absolute Gasteiger partial charge is 0.213 e. The van der Waals surface area contributed by atoms with E-state index in [1.54, 1.807) is 14.1 Å². The largest absolute Gasteiger partial charge is 0.305 e. The lowest BCUT2D eigenvalue weighted by Crippen LogP contribution is -2.35. The highest BCUT2D eigenvalue weighted by Gasteiger charge is 2.33. The number of likely N-dealkylation sites (tertiary alicyclic amines) is 1. The summed E-state index contributed by atoms with van der Waals surface area (Å²) in [6.07, 6.45) is 3.20. The minimum Gasteiger partial charge on any atom is -0.305 e. The molecule has 0 N–H and O–H groups in total. The van der Waals surface area contributed by atoms with Crippen molar-refractivity contribution in [3.05, 3.63) is 0 Å². The zero-order valence-electron chi connectivity index (χ0n) is 14.5. The van der Waals surface area contributed by atoms with E-state index in [4.69, 9.17) is 0 Å². The summed E-state index contributed by atoms with van der Waals surface area (Å²) in [6, 6.07) is 0.611. The number of likely N-dealkylation sites (N-methyl/N-ethyl adjacent to an activating group) is 1. The van der Waals surface area contributed by atoms with Crippen molar-refractivity contribution in [2.45, 2.75) is 32.2 Å².